The predicted molar refractivity (Wildman–Crippen MR) is 83.7 cm³/mol. The average Bonchev–Trinajstić information content (AvgIpc) is 2.50. The smallest absolute Gasteiger partial charge is 0.120 e. The number of phenolic OH excluding ortho intramolecular Hbond substituents is 2. The SMILES string of the molecule is CC=C(NCc1ccccc1O)NCc1ccccc1O. The number of para-hydroxylation sites is 2. The van der Waals surface area contributed by atoms with E-state index in [0.717, 1.165) is 16.9 Å². The van der Waals surface area contributed by atoms with E-state index in [9.17, 15) is 10.2 Å². The van der Waals surface area contributed by atoms with Crippen molar-refractivity contribution >= 4 is 0 Å². The van der Waals surface area contributed by atoms with Gasteiger partial charge in [0.2, 0.25) is 0 Å². The van der Waals surface area contributed by atoms with Gasteiger partial charge in [0.05, 0.1) is 5.82 Å². The summed E-state index contributed by atoms with van der Waals surface area (Å²) in [7, 11) is 0. The molecule has 0 unspecified atom stereocenters. The average molecular weight is 284 g/mol. The highest BCUT2D eigenvalue weighted by Gasteiger charge is 2.02. The van der Waals surface area contributed by atoms with E-state index in [2.05, 4.69) is 10.6 Å². The lowest BCUT2D eigenvalue weighted by Crippen LogP contribution is -2.25. The van der Waals surface area contributed by atoms with Crippen LogP contribution in [0.5, 0.6) is 11.5 Å². The molecule has 0 bridgehead atoms. The lowest BCUT2D eigenvalue weighted by molar-refractivity contribution is 0.463. The second kappa shape index (κ2) is 7.24. The van der Waals surface area contributed by atoms with Crippen LogP contribution < -0.4 is 10.6 Å². The Morgan fingerprint density at radius 1 is 0.857 bits per heavy atom. The van der Waals surface area contributed by atoms with Gasteiger partial charge < -0.3 is 20.8 Å². The molecular weight excluding hydrogens is 264 g/mol. The number of rotatable bonds is 6. The van der Waals surface area contributed by atoms with Crippen LogP contribution in [0.1, 0.15) is 18.1 Å². The molecule has 0 saturated heterocycles. The molecule has 0 spiro atoms. The predicted octanol–water partition coefficient (Wildman–Crippen LogP) is 2.84. The zero-order chi connectivity index (χ0) is 15.1. The van der Waals surface area contributed by atoms with Gasteiger partial charge in [-0.3, -0.25) is 0 Å². The Morgan fingerprint density at radius 2 is 1.29 bits per heavy atom. The second-order valence-corrected chi connectivity index (χ2v) is 4.67. The van der Waals surface area contributed by atoms with E-state index in [-0.39, 0.29) is 11.5 Å². The van der Waals surface area contributed by atoms with Crippen molar-refractivity contribution in [2.75, 3.05) is 0 Å². The number of aromatic hydroxyl groups is 2. The molecule has 0 aliphatic rings. The van der Waals surface area contributed by atoms with E-state index in [1.54, 1.807) is 24.3 Å². The second-order valence-electron chi connectivity index (χ2n) is 4.67. The van der Waals surface area contributed by atoms with Gasteiger partial charge in [0.25, 0.3) is 0 Å². The van der Waals surface area contributed by atoms with Crippen molar-refractivity contribution in [3.05, 3.63) is 71.6 Å². The normalized spacial score (nSPS) is 9.95. The maximum absolute atomic E-state index is 9.73. The van der Waals surface area contributed by atoms with E-state index in [1.165, 1.54) is 0 Å². The minimum Gasteiger partial charge on any atom is -0.508 e. The number of nitrogens with one attached hydrogen (secondary N) is 2. The summed E-state index contributed by atoms with van der Waals surface area (Å²) in [5, 5.41) is 25.9. The summed E-state index contributed by atoms with van der Waals surface area (Å²) in [4.78, 5) is 0. The zero-order valence-corrected chi connectivity index (χ0v) is 12.0. The third-order valence-electron chi connectivity index (χ3n) is 3.21. The quantitative estimate of drug-likeness (QED) is 0.658. The van der Waals surface area contributed by atoms with Gasteiger partial charge in [-0.15, -0.1) is 0 Å². The summed E-state index contributed by atoms with van der Waals surface area (Å²) in [6.07, 6.45) is 1.92. The first-order chi connectivity index (χ1) is 10.2. The van der Waals surface area contributed by atoms with Crippen LogP contribution in [0, 0.1) is 0 Å². The number of hydrogen-bond donors (Lipinski definition) is 4. The summed E-state index contributed by atoms with van der Waals surface area (Å²) in [6, 6.07) is 14.5. The van der Waals surface area contributed by atoms with Crippen LogP contribution >= 0.6 is 0 Å². The minimum atomic E-state index is 0.279. The van der Waals surface area contributed by atoms with Gasteiger partial charge in [0.15, 0.2) is 0 Å². The molecule has 4 nitrogen and oxygen atoms in total. The largest absolute Gasteiger partial charge is 0.508 e. The van der Waals surface area contributed by atoms with Crippen LogP contribution in [0.25, 0.3) is 0 Å². The topological polar surface area (TPSA) is 64.5 Å². The van der Waals surface area contributed by atoms with E-state index >= 15 is 0 Å². The van der Waals surface area contributed by atoms with Crippen LogP contribution in [-0.2, 0) is 13.1 Å². The van der Waals surface area contributed by atoms with Crippen molar-refractivity contribution in [2.24, 2.45) is 0 Å². The van der Waals surface area contributed by atoms with Gasteiger partial charge in [-0.25, -0.2) is 0 Å². The minimum absolute atomic E-state index is 0.279. The Labute approximate surface area is 124 Å². The summed E-state index contributed by atoms with van der Waals surface area (Å²) < 4.78 is 0. The van der Waals surface area contributed by atoms with Crippen molar-refractivity contribution < 1.29 is 10.2 Å². The highest BCUT2D eigenvalue weighted by atomic mass is 16.3. The molecule has 0 fully saturated rings. The fourth-order valence-corrected chi connectivity index (χ4v) is 1.97. The molecule has 0 heterocycles. The molecule has 0 saturated carbocycles. The monoisotopic (exact) mass is 284 g/mol. The maximum atomic E-state index is 9.73. The summed E-state index contributed by atoms with van der Waals surface area (Å²) in [6.45, 7) is 2.98. The molecule has 2 aromatic rings. The summed E-state index contributed by atoms with van der Waals surface area (Å²) in [5.74, 6) is 1.41. The van der Waals surface area contributed by atoms with E-state index in [4.69, 9.17) is 0 Å². The van der Waals surface area contributed by atoms with Crippen LogP contribution in [0.2, 0.25) is 0 Å². The van der Waals surface area contributed by atoms with Crippen LogP contribution in [0.4, 0.5) is 0 Å². The molecular formula is C17H20N2O2. The lowest BCUT2D eigenvalue weighted by atomic mass is 10.2. The Balaban J connectivity index is 1.90. The fourth-order valence-electron chi connectivity index (χ4n) is 1.97. The molecule has 2 rings (SSSR count). The number of allylic oxidation sites excluding steroid dienone is 1. The molecule has 0 aliphatic heterocycles. The van der Waals surface area contributed by atoms with E-state index in [0.29, 0.717) is 13.1 Å². The Morgan fingerprint density at radius 3 is 1.67 bits per heavy atom. The van der Waals surface area contributed by atoms with Gasteiger partial charge in [-0.2, -0.15) is 0 Å². The van der Waals surface area contributed by atoms with Gasteiger partial charge in [-0.1, -0.05) is 36.4 Å². The van der Waals surface area contributed by atoms with Gasteiger partial charge in [0.1, 0.15) is 11.5 Å². The maximum Gasteiger partial charge on any atom is 0.120 e. The van der Waals surface area contributed by atoms with Crippen molar-refractivity contribution in [1.29, 1.82) is 0 Å². The molecule has 0 aliphatic carbocycles. The first kappa shape index (κ1) is 14.8. The van der Waals surface area contributed by atoms with Crippen molar-refractivity contribution in [2.45, 2.75) is 20.0 Å². The molecule has 0 amide bonds. The van der Waals surface area contributed by atoms with Gasteiger partial charge in [-0.05, 0) is 25.1 Å². The van der Waals surface area contributed by atoms with Crippen LogP contribution in [0.3, 0.4) is 0 Å². The van der Waals surface area contributed by atoms with E-state index in [1.807, 2.05) is 37.3 Å². The van der Waals surface area contributed by atoms with Crippen molar-refractivity contribution in [1.82, 2.24) is 10.6 Å². The molecule has 2 aromatic carbocycles. The molecule has 0 aromatic heterocycles. The van der Waals surface area contributed by atoms with Crippen molar-refractivity contribution in [3.8, 4) is 11.5 Å². The highest BCUT2D eigenvalue weighted by Crippen LogP contribution is 2.16. The number of benzene rings is 2. The Kier molecular flexibility index (Phi) is 5.10. The zero-order valence-electron chi connectivity index (χ0n) is 12.0. The number of phenols is 2. The number of hydrogen-bond acceptors (Lipinski definition) is 4. The molecule has 4 N–H and O–H groups in total. The van der Waals surface area contributed by atoms with Crippen LogP contribution in [0.15, 0.2) is 60.4 Å². The van der Waals surface area contributed by atoms with Gasteiger partial charge >= 0.3 is 0 Å². The molecule has 0 radical (unpaired) electrons. The lowest BCUT2D eigenvalue weighted by Gasteiger charge is -2.14. The fraction of sp³-hybridized carbons (Fsp3) is 0.176. The molecule has 4 heteroatoms. The molecule has 21 heavy (non-hydrogen) atoms. The molecule has 110 valence electrons. The first-order valence-corrected chi connectivity index (χ1v) is 6.88. The van der Waals surface area contributed by atoms with Crippen molar-refractivity contribution in [3.63, 3.8) is 0 Å². The Bertz CT molecular complexity index is 572. The van der Waals surface area contributed by atoms with Gasteiger partial charge in [0, 0.05) is 24.2 Å². The van der Waals surface area contributed by atoms with E-state index < -0.39 is 0 Å². The third-order valence-corrected chi connectivity index (χ3v) is 3.21. The standard InChI is InChI=1S/C17H20N2O2/c1-2-17(18-11-13-7-3-5-9-15(13)20)19-12-14-8-4-6-10-16(14)21/h2-10,18-21H,11-12H2,1H3. The third kappa shape index (κ3) is 4.18. The summed E-state index contributed by atoms with van der Waals surface area (Å²) in [5.41, 5.74) is 1.67. The molecule has 0 atom stereocenters. The van der Waals surface area contributed by atoms with Crippen LogP contribution in [-0.4, -0.2) is 10.2 Å². The highest BCUT2D eigenvalue weighted by molar-refractivity contribution is 5.33. The Hall–Kier alpha value is -2.62. The first-order valence-electron chi connectivity index (χ1n) is 6.88. The summed E-state index contributed by atoms with van der Waals surface area (Å²) >= 11 is 0.